The van der Waals surface area contributed by atoms with Crippen molar-refractivity contribution in [2.75, 3.05) is 6.61 Å². The number of pyridine rings is 1. The lowest BCUT2D eigenvalue weighted by molar-refractivity contribution is -0.0376. The van der Waals surface area contributed by atoms with E-state index in [0.29, 0.717) is 18.4 Å². The van der Waals surface area contributed by atoms with Gasteiger partial charge in [-0.05, 0) is 50.2 Å². The van der Waals surface area contributed by atoms with Gasteiger partial charge in [-0.2, -0.15) is 0 Å². The van der Waals surface area contributed by atoms with Crippen LogP contribution in [0.1, 0.15) is 44.4 Å². The van der Waals surface area contributed by atoms with Crippen LogP contribution in [0.25, 0.3) is 0 Å². The minimum Gasteiger partial charge on any atom is -0.393 e. The number of aliphatic hydroxyl groups is 1. The fraction of sp³-hybridized carbons (Fsp3) is 0.688. The Morgan fingerprint density at radius 2 is 2.16 bits per heavy atom. The summed E-state index contributed by atoms with van der Waals surface area (Å²) in [5, 5.41) is 10.1. The van der Waals surface area contributed by atoms with Gasteiger partial charge in [-0.25, -0.2) is 0 Å². The molecular formula is C16H25NO2. The molecule has 3 nitrogen and oxygen atoms in total. The third-order valence-electron chi connectivity index (χ3n) is 3.94. The highest BCUT2D eigenvalue weighted by molar-refractivity contribution is 5.14. The van der Waals surface area contributed by atoms with Crippen LogP contribution >= 0.6 is 0 Å². The van der Waals surface area contributed by atoms with E-state index in [4.69, 9.17) is 4.74 Å². The lowest BCUT2D eigenvalue weighted by atomic mass is 9.78. The van der Waals surface area contributed by atoms with Crippen LogP contribution in [-0.4, -0.2) is 28.9 Å². The Labute approximate surface area is 116 Å². The van der Waals surface area contributed by atoms with Crippen molar-refractivity contribution in [1.29, 1.82) is 0 Å². The summed E-state index contributed by atoms with van der Waals surface area (Å²) in [6.45, 7) is 4.96. The number of nitrogens with zero attached hydrogens (tertiary/aromatic N) is 1. The molecule has 0 saturated heterocycles. The molecule has 0 radical (unpaired) electrons. The van der Waals surface area contributed by atoms with Gasteiger partial charge in [0.15, 0.2) is 0 Å². The molecule has 1 heterocycles. The Balaban J connectivity index is 1.71. The maximum atomic E-state index is 10.1. The molecule has 3 heteroatoms. The second-order valence-electron chi connectivity index (χ2n) is 5.52. The first-order valence-electron chi connectivity index (χ1n) is 7.44. The quantitative estimate of drug-likeness (QED) is 0.822. The highest BCUT2D eigenvalue weighted by Gasteiger charge is 2.30. The third-order valence-corrected chi connectivity index (χ3v) is 3.94. The number of ether oxygens (including phenoxy) is 1. The molecule has 1 unspecified atom stereocenters. The molecule has 0 aliphatic heterocycles. The Hall–Kier alpha value is -0.930. The summed E-state index contributed by atoms with van der Waals surface area (Å²) in [7, 11) is 0. The van der Waals surface area contributed by atoms with E-state index in [1.54, 1.807) is 0 Å². The monoisotopic (exact) mass is 263 g/mol. The van der Waals surface area contributed by atoms with Crippen LogP contribution in [0.3, 0.4) is 0 Å². The second-order valence-corrected chi connectivity index (χ2v) is 5.52. The Morgan fingerprint density at radius 1 is 1.37 bits per heavy atom. The first-order chi connectivity index (χ1) is 9.21. The fourth-order valence-corrected chi connectivity index (χ4v) is 2.73. The molecule has 1 N–H and O–H groups in total. The molecule has 106 valence electrons. The summed E-state index contributed by atoms with van der Waals surface area (Å²) in [6, 6.07) is 4.13. The normalized spacial score (nSPS) is 23.9. The molecular weight excluding hydrogens is 238 g/mol. The van der Waals surface area contributed by atoms with E-state index in [1.165, 1.54) is 5.56 Å². The van der Waals surface area contributed by atoms with Gasteiger partial charge < -0.3 is 9.84 Å². The van der Waals surface area contributed by atoms with E-state index in [0.717, 1.165) is 38.0 Å². The minimum atomic E-state index is -0.271. The van der Waals surface area contributed by atoms with Crippen LogP contribution in [0, 0.1) is 5.92 Å². The molecule has 1 aliphatic rings. The van der Waals surface area contributed by atoms with Crippen LogP contribution < -0.4 is 0 Å². The Kier molecular flexibility index (Phi) is 5.34. The summed E-state index contributed by atoms with van der Waals surface area (Å²) in [5.41, 5.74) is 2.24. The van der Waals surface area contributed by atoms with Gasteiger partial charge in [-0.15, -0.1) is 0 Å². The topological polar surface area (TPSA) is 42.4 Å². The van der Waals surface area contributed by atoms with Crippen LogP contribution in [0.5, 0.6) is 0 Å². The van der Waals surface area contributed by atoms with E-state index < -0.39 is 0 Å². The Morgan fingerprint density at radius 3 is 2.74 bits per heavy atom. The lowest BCUT2D eigenvalue weighted by Crippen LogP contribution is -2.34. The first kappa shape index (κ1) is 14.5. The van der Waals surface area contributed by atoms with Crippen molar-refractivity contribution in [3.63, 3.8) is 0 Å². The standard InChI is InChI=1S/C16H25NO2/c1-3-12-5-6-14(17-11-12)10-15(18)7-13-8-16(9-13)19-4-2/h5-6,11,13,15-16,18H,3-4,7-10H2,1-2H3. The predicted molar refractivity (Wildman–Crippen MR) is 76.1 cm³/mol. The maximum absolute atomic E-state index is 10.1. The van der Waals surface area contributed by atoms with Gasteiger partial charge in [-0.1, -0.05) is 13.0 Å². The van der Waals surface area contributed by atoms with E-state index in [-0.39, 0.29) is 6.10 Å². The molecule has 1 saturated carbocycles. The first-order valence-corrected chi connectivity index (χ1v) is 7.44. The van der Waals surface area contributed by atoms with Crippen molar-refractivity contribution >= 4 is 0 Å². The van der Waals surface area contributed by atoms with Crippen LogP contribution in [0.2, 0.25) is 0 Å². The van der Waals surface area contributed by atoms with E-state index >= 15 is 0 Å². The van der Waals surface area contributed by atoms with E-state index in [1.807, 2.05) is 19.2 Å². The number of aryl methyl sites for hydroxylation is 1. The van der Waals surface area contributed by atoms with Gasteiger partial charge in [0, 0.05) is 24.9 Å². The zero-order valence-corrected chi connectivity index (χ0v) is 12.0. The number of aromatic nitrogens is 1. The molecule has 1 aromatic heterocycles. The highest BCUT2D eigenvalue weighted by atomic mass is 16.5. The van der Waals surface area contributed by atoms with Crippen LogP contribution in [0.15, 0.2) is 18.3 Å². The summed E-state index contributed by atoms with van der Waals surface area (Å²) in [4.78, 5) is 4.40. The van der Waals surface area contributed by atoms with Crippen molar-refractivity contribution in [3.05, 3.63) is 29.6 Å². The smallest absolute Gasteiger partial charge is 0.0598 e. The predicted octanol–water partition coefficient (Wildman–Crippen LogP) is 2.75. The summed E-state index contributed by atoms with van der Waals surface area (Å²) >= 11 is 0. The third kappa shape index (κ3) is 4.29. The minimum absolute atomic E-state index is 0.271. The average molecular weight is 263 g/mol. The maximum Gasteiger partial charge on any atom is 0.0598 e. The molecule has 0 bridgehead atoms. The van der Waals surface area contributed by atoms with Gasteiger partial charge >= 0.3 is 0 Å². The number of hydrogen-bond donors (Lipinski definition) is 1. The summed E-state index contributed by atoms with van der Waals surface area (Å²) in [5.74, 6) is 0.626. The Bertz CT molecular complexity index is 371. The van der Waals surface area contributed by atoms with Crippen LogP contribution in [-0.2, 0) is 17.6 Å². The van der Waals surface area contributed by atoms with Crippen molar-refractivity contribution in [2.45, 2.75) is 58.2 Å². The molecule has 1 fully saturated rings. The number of hydrogen-bond acceptors (Lipinski definition) is 3. The molecule has 0 spiro atoms. The van der Waals surface area contributed by atoms with Crippen LogP contribution in [0.4, 0.5) is 0 Å². The highest BCUT2D eigenvalue weighted by Crippen LogP contribution is 2.33. The molecule has 2 rings (SSSR count). The summed E-state index contributed by atoms with van der Waals surface area (Å²) < 4.78 is 5.54. The molecule has 0 amide bonds. The van der Waals surface area contributed by atoms with Gasteiger partial charge in [0.05, 0.1) is 12.2 Å². The van der Waals surface area contributed by atoms with Crippen molar-refractivity contribution in [1.82, 2.24) is 4.98 Å². The number of aliphatic hydroxyl groups excluding tert-OH is 1. The fourth-order valence-electron chi connectivity index (χ4n) is 2.73. The zero-order chi connectivity index (χ0) is 13.7. The van der Waals surface area contributed by atoms with Crippen molar-refractivity contribution in [2.24, 2.45) is 5.92 Å². The zero-order valence-electron chi connectivity index (χ0n) is 12.0. The molecule has 1 atom stereocenters. The van der Waals surface area contributed by atoms with Crippen molar-refractivity contribution < 1.29 is 9.84 Å². The number of rotatable bonds is 7. The molecule has 1 aromatic rings. The van der Waals surface area contributed by atoms with Gasteiger partial charge in [0.2, 0.25) is 0 Å². The van der Waals surface area contributed by atoms with Gasteiger partial charge in [-0.3, -0.25) is 4.98 Å². The molecule has 0 aromatic carbocycles. The molecule has 19 heavy (non-hydrogen) atoms. The summed E-state index contributed by atoms with van der Waals surface area (Å²) in [6.07, 6.45) is 6.84. The SMILES string of the molecule is CCOC1CC(CC(O)Cc2ccc(CC)cn2)C1. The van der Waals surface area contributed by atoms with Gasteiger partial charge in [0.25, 0.3) is 0 Å². The van der Waals surface area contributed by atoms with E-state index in [9.17, 15) is 5.11 Å². The average Bonchev–Trinajstić information content (AvgIpc) is 2.37. The lowest BCUT2D eigenvalue weighted by Gasteiger charge is -2.36. The van der Waals surface area contributed by atoms with Crippen molar-refractivity contribution in [3.8, 4) is 0 Å². The van der Waals surface area contributed by atoms with Gasteiger partial charge in [0.1, 0.15) is 0 Å². The molecule has 1 aliphatic carbocycles. The second kappa shape index (κ2) is 7.01. The van der Waals surface area contributed by atoms with E-state index in [2.05, 4.69) is 18.0 Å². The largest absolute Gasteiger partial charge is 0.393 e.